The molecule has 0 aliphatic heterocycles. The van der Waals surface area contributed by atoms with Crippen molar-refractivity contribution in [2.75, 3.05) is 11.9 Å². The van der Waals surface area contributed by atoms with E-state index in [1.165, 1.54) is 12.1 Å². The molecule has 0 heterocycles. The fourth-order valence-electron chi connectivity index (χ4n) is 2.33. The number of anilines is 1. The second kappa shape index (κ2) is 5.91. The molecule has 2 aromatic rings. The van der Waals surface area contributed by atoms with Gasteiger partial charge in [-0.2, -0.15) is 4.39 Å². The van der Waals surface area contributed by atoms with Gasteiger partial charge in [-0.3, -0.25) is 10.1 Å². The molecule has 0 aliphatic rings. The van der Waals surface area contributed by atoms with Crippen LogP contribution in [0.25, 0.3) is 0 Å². The highest BCUT2D eigenvalue weighted by molar-refractivity contribution is 5.51. The highest BCUT2D eigenvalue weighted by Crippen LogP contribution is 2.22. The minimum atomic E-state index is -0.800. The van der Waals surface area contributed by atoms with E-state index in [-0.39, 0.29) is 0 Å². The largest absolute Gasteiger partial charge is 0.370 e. The summed E-state index contributed by atoms with van der Waals surface area (Å²) in [5.74, 6) is -0.800. The van der Waals surface area contributed by atoms with Crippen molar-refractivity contribution in [2.45, 2.75) is 20.4 Å². The summed E-state index contributed by atoms with van der Waals surface area (Å²) in [7, 11) is 1.91. The van der Waals surface area contributed by atoms with Gasteiger partial charge in [-0.25, -0.2) is 0 Å². The summed E-state index contributed by atoms with van der Waals surface area (Å²) >= 11 is 0. The first kappa shape index (κ1) is 15.0. The van der Waals surface area contributed by atoms with Crippen LogP contribution in [0.1, 0.15) is 16.7 Å². The molecule has 0 saturated carbocycles. The molecule has 0 radical (unpaired) electrons. The Hall–Kier alpha value is -2.43. The first-order valence-corrected chi connectivity index (χ1v) is 6.59. The summed E-state index contributed by atoms with van der Waals surface area (Å²) in [4.78, 5) is 11.9. The Kier molecular flexibility index (Phi) is 4.21. The standard InChI is InChI=1S/C16H17FN2O2/c1-11-6-12(2)8-14(7-11)18(3)10-13-4-5-16(19(20)21)15(17)9-13/h4-9H,10H2,1-3H3. The van der Waals surface area contributed by atoms with Gasteiger partial charge < -0.3 is 4.90 Å². The van der Waals surface area contributed by atoms with Crippen molar-refractivity contribution in [1.82, 2.24) is 0 Å². The number of aryl methyl sites for hydroxylation is 2. The summed E-state index contributed by atoms with van der Waals surface area (Å²) in [6.07, 6.45) is 0. The van der Waals surface area contributed by atoms with Crippen LogP contribution in [0.4, 0.5) is 15.8 Å². The normalized spacial score (nSPS) is 10.5. The molecular weight excluding hydrogens is 271 g/mol. The molecule has 0 amide bonds. The topological polar surface area (TPSA) is 46.4 Å². The van der Waals surface area contributed by atoms with E-state index in [2.05, 4.69) is 18.2 Å². The molecule has 0 spiro atoms. The second-order valence-electron chi connectivity index (χ2n) is 5.24. The molecule has 21 heavy (non-hydrogen) atoms. The van der Waals surface area contributed by atoms with Gasteiger partial charge in [0.25, 0.3) is 0 Å². The van der Waals surface area contributed by atoms with Gasteiger partial charge in [0.15, 0.2) is 0 Å². The Morgan fingerprint density at radius 1 is 1.14 bits per heavy atom. The molecule has 0 atom stereocenters. The van der Waals surface area contributed by atoms with Crippen LogP contribution < -0.4 is 4.90 Å². The van der Waals surface area contributed by atoms with Crippen LogP contribution >= 0.6 is 0 Å². The van der Waals surface area contributed by atoms with Crippen molar-refractivity contribution in [3.05, 3.63) is 69.0 Å². The average Bonchev–Trinajstić information content (AvgIpc) is 2.37. The Labute approximate surface area is 123 Å². The minimum absolute atomic E-state index is 0.484. The SMILES string of the molecule is Cc1cc(C)cc(N(C)Cc2ccc([N+](=O)[O-])c(F)c2)c1. The summed E-state index contributed by atoms with van der Waals surface area (Å²) in [5.41, 5.74) is 3.55. The molecule has 2 aromatic carbocycles. The van der Waals surface area contributed by atoms with Crippen molar-refractivity contribution in [1.29, 1.82) is 0 Å². The van der Waals surface area contributed by atoms with Gasteiger partial charge in [-0.15, -0.1) is 0 Å². The summed E-state index contributed by atoms with van der Waals surface area (Å²) < 4.78 is 13.6. The fourth-order valence-corrected chi connectivity index (χ4v) is 2.33. The van der Waals surface area contributed by atoms with E-state index in [1.54, 1.807) is 6.07 Å². The first-order valence-electron chi connectivity index (χ1n) is 6.59. The molecule has 110 valence electrons. The van der Waals surface area contributed by atoms with E-state index in [9.17, 15) is 14.5 Å². The van der Waals surface area contributed by atoms with Gasteiger partial charge >= 0.3 is 5.69 Å². The highest BCUT2D eigenvalue weighted by atomic mass is 19.1. The fraction of sp³-hybridized carbons (Fsp3) is 0.250. The lowest BCUT2D eigenvalue weighted by molar-refractivity contribution is -0.387. The molecule has 2 rings (SSSR count). The Balaban J connectivity index is 2.21. The number of nitro benzene ring substituents is 1. The van der Waals surface area contributed by atoms with Gasteiger partial charge in [-0.05, 0) is 48.7 Å². The third-order valence-electron chi connectivity index (χ3n) is 3.28. The molecule has 0 aromatic heterocycles. The second-order valence-corrected chi connectivity index (χ2v) is 5.24. The van der Waals surface area contributed by atoms with Crippen LogP contribution in [0.5, 0.6) is 0 Å². The van der Waals surface area contributed by atoms with E-state index in [0.29, 0.717) is 12.1 Å². The van der Waals surface area contributed by atoms with E-state index in [1.807, 2.05) is 25.8 Å². The van der Waals surface area contributed by atoms with E-state index in [0.717, 1.165) is 16.8 Å². The lowest BCUT2D eigenvalue weighted by Gasteiger charge is -2.20. The van der Waals surface area contributed by atoms with Crippen molar-refractivity contribution < 1.29 is 9.31 Å². The predicted molar refractivity (Wildman–Crippen MR) is 81.1 cm³/mol. The summed E-state index contributed by atoms with van der Waals surface area (Å²) in [6, 6.07) is 10.2. The minimum Gasteiger partial charge on any atom is -0.370 e. The molecule has 4 nitrogen and oxygen atoms in total. The molecule has 0 saturated heterocycles. The Bertz CT molecular complexity index is 666. The van der Waals surface area contributed by atoms with E-state index < -0.39 is 16.4 Å². The lowest BCUT2D eigenvalue weighted by atomic mass is 10.1. The van der Waals surface area contributed by atoms with Crippen molar-refractivity contribution in [3.8, 4) is 0 Å². The Morgan fingerprint density at radius 2 is 1.76 bits per heavy atom. The zero-order chi connectivity index (χ0) is 15.6. The maximum atomic E-state index is 13.6. The Morgan fingerprint density at radius 3 is 2.29 bits per heavy atom. The van der Waals surface area contributed by atoms with Crippen LogP contribution in [0.15, 0.2) is 36.4 Å². The number of halogens is 1. The highest BCUT2D eigenvalue weighted by Gasteiger charge is 2.14. The zero-order valence-electron chi connectivity index (χ0n) is 12.3. The molecule has 0 aliphatic carbocycles. The van der Waals surface area contributed by atoms with Crippen LogP contribution in [0.2, 0.25) is 0 Å². The number of nitrogens with zero attached hydrogens (tertiary/aromatic N) is 2. The predicted octanol–water partition coefficient (Wildman–Crippen LogP) is 3.99. The van der Waals surface area contributed by atoms with Gasteiger partial charge in [-0.1, -0.05) is 12.1 Å². The van der Waals surface area contributed by atoms with Gasteiger partial charge in [0.05, 0.1) is 4.92 Å². The van der Waals surface area contributed by atoms with Gasteiger partial charge in [0.1, 0.15) is 0 Å². The monoisotopic (exact) mass is 288 g/mol. The smallest absolute Gasteiger partial charge is 0.304 e. The first-order chi connectivity index (χ1) is 9.86. The van der Waals surface area contributed by atoms with Crippen LogP contribution in [0.3, 0.4) is 0 Å². The third kappa shape index (κ3) is 3.56. The van der Waals surface area contributed by atoms with Crippen LogP contribution in [-0.4, -0.2) is 12.0 Å². The molecule has 0 bridgehead atoms. The van der Waals surface area contributed by atoms with Crippen molar-refractivity contribution >= 4 is 11.4 Å². The van der Waals surface area contributed by atoms with Crippen LogP contribution in [0, 0.1) is 29.8 Å². The van der Waals surface area contributed by atoms with E-state index in [4.69, 9.17) is 0 Å². The third-order valence-corrected chi connectivity index (χ3v) is 3.28. The number of hydrogen-bond acceptors (Lipinski definition) is 3. The van der Waals surface area contributed by atoms with Gasteiger partial charge in [0.2, 0.25) is 5.82 Å². The van der Waals surface area contributed by atoms with Crippen LogP contribution in [-0.2, 0) is 6.54 Å². The summed E-state index contributed by atoms with van der Waals surface area (Å²) in [5, 5.41) is 10.6. The molecule has 0 fully saturated rings. The quantitative estimate of drug-likeness (QED) is 0.631. The number of benzene rings is 2. The molecule has 0 N–H and O–H groups in total. The number of hydrogen-bond donors (Lipinski definition) is 0. The molecule has 5 heteroatoms. The summed E-state index contributed by atoms with van der Waals surface area (Å²) in [6.45, 7) is 4.53. The van der Waals surface area contributed by atoms with E-state index >= 15 is 0 Å². The zero-order valence-corrected chi connectivity index (χ0v) is 12.3. The molecule has 0 unspecified atom stereocenters. The lowest BCUT2D eigenvalue weighted by Crippen LogP contribution is -2.16. The number of nitro groups is 1. The van der Waals surface area contributed by atoms with Crippen molar-refractivity contribution in [3.63, 3.8) is 0 Å². The maximum Gasteiger partial charge on any atom is 0.304 e. The molecular formula is C16H17FN2O2. The maximum absolute atomic E-state index is 13.6. The van der Waals surface area contributed by atoms with Gasteiger partial charge in [0, 0.05) is 25.3 Å². The van der Waals surface area contributed by atoms with Crippen molar-refractivity contribution in [2.24, 2.45) is 0 Å². The average molecular weight is 288 g/mol. The number of rotatable bonds is 4.